The first kappa shape index (κ1) is 7.91. The van der Waals surface area contributed by atoms with Crippen molar-refractivity contribution in [3.63, 3.8) is 0 Å². The zero-order valence-electron chi connectivity index (χ0n) is 4.85. The first-order valence-corrected chi connectivity index (χ1v) is 4.19. The third-order valence-corrected chi connectivity index (χ3v) is 1.59. The van der Waals surface area contributed by atoms with Crippen LogP contribution in [0, 0.1) is 0 Å². The van der Waals surface area contributed by atoms with Crippen molar-refractivity contribution in [2.75, 3.05) is 5.75 Å². The zero-order chi connectivity index (χ0) is 6.62. The van der Waals surface area contributed by atoms with E-state index < -0.39 is 10.0 Å². The van der Waals surface area contributed by atoms with Crippen LogP contribution in [0.15, 0.2) is 0 Å². The van der Waals surface area contributed by atoms with Crippen LogP contribution in [0.4, 0.5) is 0 Å². The Labute approximate surface area is 49.9 Å². The fourth-order valence-electron chi connectivity index (χ4n) is 0.334. The molecule has 50 valence electrons. The van der Waals surface area contributed by atoms with Crippen LogP contribution in [0.1, 0.15) is 19.8 Å². The second kappa shape index (κ2) is 3.04. The number of hydrogen-bond acceptors (Lipinski definition) is 2. The number of rotatable bonds is 3. The molecular weight excluding hydrogens is 126 g/mol. The lowest BCUT2D eigenvalue weighted by atomic mass is 10.4. The molecular formula is C4H10NO2S-. The van der Waals surface area contributed by atoms with Gasteiger partial charge in [-0.05, 0) is 6.42 Å². The maximum absolute atomic E-state index is 10.1. The molecule has 0 aliphatic heterocycles. The van der Waals surface area contributed by atoms with Gasteiger partial charge < -0.3 is 5.14 Å². The molecule has 0 spiro atoms. The Hall–Kier alpha value is -0.0900. The molecule has 0 aromatic carbocycles. The van der Waals surface area contributed by atoms with E-state index in [2.05, 4.69) is 0 Å². The molecule has 0 aromatic rings. The Morgan fingerprint density at radius 2 is 2.00 bits per heavy atom. The van der Waals surface area contributed by atoms with Gasteiger partial charge in [0.1, 0.15) is 0 Å². The van der Waals surface area contributed by atoms with E-state index in [4.69, 9.17) is 5.14 Å². The molecule has 0 saturated heterocycles. The molecule has 0 heterocycles. The van der Waals surface area contributed by atoms with E-state index in [1.165, 1.54) is 0 Å². The highest BCUT2D eigenvalue weighted by molar-refractivity contribution is 7.93. The van der Waals surface area contributed by atoms with Crippen molar-refractivity contribution in [3.8, 4) is 0 Å². The summed E-state index contributed by atoms with van der Waals surface area (Å²) in [6, 6.07) is 0. The molecule has 0 rings (SSSR count). The Kier molecular flexibility index (Phi) is 3.01. The first-order chi connectivity index (χ1) is 3.56. The second-order valence-electron chi connectivity index (χ2n) is 1.67. The molecule has 8 heavy (non-hydrogen) atoms. The minimum Gasteiger partial charge on any atom is -0.564 e. The lowest BCUT2D eigenvalue weighted by molar-refractivity contribution is 0.601. The fraction of sp³-hybridized carbons (Fsp3) is 1.00. The maximum atomic E-state index is 10.1. The molecule has 0 fully saturated rings. The van der Waals surface area contributed by atoms with Gasteiger partial charge in [0.2, 0.25) is 0 Å². The van der Waals surface area contributed by atoms with Crippen molar-refractivity contribution in [2.45, 2.75) is 19.8 Å². The SMILES string of the molecule is CCCCS([NH-])(=O)=O. The largest absolute Gasteiger partial charge is 0.564 e. The summed E-state index contributed by atoms with van der Waals surface area (Å²) in [6.45, 7) is 1.89. The van der Waals surface area contributed by atoms with Gasteiger partial charge >= 0.3 is 0 Å². The van der Waals surface area contributed by atoms with E-state index in [1.807, 2.05) is 6.92 Å². The van der Waals surface area contributed by atoms with Crippen LogP contribution in [0.5, 0.6) is 0 Å². The van der Waals surface area contributed by atoms with Crippen LogP contribution in [0.25, 0.3) is 5.14 Å². The molecule has 0 unspecified atom stereocenters. The van der Waals surface area contributed by atoms with E-state index >= 15 is 0 Å². The van der Waals surface area contributed by atoms with Gasteiger partial charge in [-0.2, -0.15) is 0 Å². The van der Waals surface area contributed by atoms with Gasteiger partial charge in [0.15, 0.2) is 0 Å². The third kappa shape index (κ3) is 5.91. The molecule has 0 saturated carbocycles. The average molecular weight is 136 g/mol. The summed E-state index contributed by atoms with van der Waals surface area (Å²) in [6.07, 6.45) is 1.43. The van der Waals surface area contributed by atoms with E-state index in [0.29, 0.717) is 6.42 Å². The zero-order valence-corrected chi connectivity index (χ0v) is 5.66. The Bertz CT molecular complexity index is 138. The van der Waals surface area contributed by atoms with Crippen LogP contribution in [0.2, 0.25) is 0 Å². The third-order valence-electron chi connectivity index (χ3n) is 0.767. The number of sulfonamides is 1. The van der Waals surface area contributed by atoms with Crippen LogP contribution >= 0.6 is 0 Å². The van der Waals surface area contributed by atoms with E-state index in [9.17, 15) is 8.42 Å². The normalized spacial score (nSPS) is 11.8. The van der Waals surface area contributed by atoms with Gasteiger partial charge in [0.25, 0.3) is 0 Å². The Morgan fingerprint density at radius 3 is 2.12 bits per heavy atom. The summed E-state index contributed by atoms with van der Waals surface area (Å²) in [5, 5.41) is 6.41. The van der Waals surface area contributed by atoms with Gasteiger partial charge in [-0.25, -0.2) is 8.42 Å². The standard InChI is InChI=1S/C4H10NO2S/c1-2-3-4-8(5,6)7/h2-4H2,1H3,(H-,5,6,7)/q-1. The summed E-state index contributed by atoms with van der Waals surface area (Å²) in [5.41, 5.74) is 0. The Morgan fingerprint density at radius 1 is 1.50 bits per heavy atom. The number of hydrogen-bond donors (Lipinski definition) is 0. The van der Waals surface area contributed by atoms with Crippen molar-refractivity contribution < 1.29 is 8.42 Å². The second-order valence-corrected chi connectivity index (χ2v) is 3.31. The monoisotopic (exact) mass is 136 g/mol. The predicted octanol–water partition coefficient (Wildman–Crippen LogP) is 1.17. The first-order valence-electron chi connectivity index (χ1n) is 2.53. The maximum Gasteiger partial charge on any atom is 0.0699 e. The molecule has 0 aliphatic carbocycles. The lowest BCUT2D eigenvalue weighted by Crippen LogP contribution is -1.97. The highest BCUT2D eigenvalue weighted by Gasteiger charge is 1.90. The van der Waals surface area contributed by atoms with Crippen molar-refractivity contribution in [3.05, 3.63) is 5.14 Å². The average Bonchev–Trinajstić information content (AvgIpc) is 1.59. The molecule has 0 bridgehead atoms. The Balaban J connectivity index is 3.42. The lowest BCUT2D eigenvalue weighted by Gasteiger charge is -2.00. The minimum atomic E-state index is -3.44. The topological polar surface area (TPSA) is 57.9 Å². The van der Waals surface area contributed by atoms with Gasteiger partial charge in [-0.3, -0.25) is 0 Å². The molecule has 3 nitrogen and oxygen atoms in total. The molecule has 0 aliphatic rings. The summed E-state index contributed by atoms with van der Waals surface area (Å²) in [4.78, 5) is 0. The van der Waals surface area contributed by atoms with Crippen molar-refractivity contribution in [1.29, 1.82) is 0 Å². The van der Waals surface area contributed by atoms with Crippen molar-refractivity contribution in [1.82, 2.24) is 0 Å². The molecule has 1 N–H and O–H groups in total. The van der Waals surface area contributed by atoms with Crippen LogP contribution in [-0.4, -0.2) is 14.2 Å². The van der Waals surface area contributed by atoms with Crippen LogP contribution in [0.3, 0.4) is 0 Å². The summed E-state index contributed by atoms with van der Waals surface area (Å²) in [5.74, 6) is 0.00347. The van der Waals surface area contributed by atoms with Gasteiger partial charge in [0, 0.05) is 5.75 Å². The van der Waals surface area contributed by atoms with Crippen LogP contribution in [-0.2, 0) is 10.0 Å². The summed E-state index contributed by atoms with van der Waals surface area (Å²) in [7, 11) is -3.44. The number of nitrogens with one attached hydrogen (secondary N) is 1. The van der Waals surface area contributed by atoms with Gasteiger partial charge in [-0.1, -0.05) is 13.3 Å². The van der Waals surface area contributed by atoms with E-state index in [1.54, 1.807) is 0 Å². The van der Waals surface area contributed by atoms with E-state index in [-0.39, 0.29) is 5.75 Å². The van der Waals surface area contributed by atoms with Crippen molar-refractivity contribution in [2.24, 2.45) is 0 Å². The molecule has 0 atom stereocenters. The molecule has 4 heteroatoms. The highest BCUT2D eigenvalue weighted by Crippen LogP contribution is 1.94. The fourth-order valence-corrected chi connectivity index (χ4v) is 1.00. The van der Waals surface area contributed by atoms with Gasteiger partial charge in [-0.15, -0.1) is 0 Å². The summed E-state index contributed by atoms with van der Waals surface area (Å²) < 4.78 is 20.1. The highest BCUT2D eigenvalue weighted by atomic mass is 32.2. The van der Waals surface area contributed by atoms with Crippen LogP contribution < -0.4 is 0 Å². The minimum absolute atomic E-state index is 0.00347. The molecule has 0 aromatic heterocycles. The summed E-state index contributed by atoms with van der Waals surface area (Å²) >= 11 is 0. The molecule has 0 radical (unpaired) electrons. The number of unbranched alkanes of at least 4 members (excludes halogenated alkanes) is 1. The van der Waals surface area contributed by atoms with E-state index in [0.717, 1.165) is 6.42 Å². The van der Waals surface area contributed by atoms with Crippen molar-refractivity contribution >= 4 is 10.0 Å². The smallest absolute Gasteiger partial charge is 0.0699 e. The molecule has 0 amide bonds. The predicted molar refractivity (Wildman–Crippen MR) is 33.0 cm³/mol. The quantitative estimate of drug-likeness (QED) is 0.584. The van der Waals surface area contributed by atoms with Gasteiger partial charge in [0.05, 0.1) is 10.0 Å².